The first-order chi connectivity index (χ1) is 12.3. The molecule has 2 aromatic carbocycles. The van der Waals surface area contributed by atoms with Gasteiger partial charge in [0, 0.05) is 6.42 Å². The van der Waals surface area contributed by atoms with Crippen molar-refractivity contribution in [3.63, 3.8) is 0 Å². The van der Waals surface area contributed by atoms with Gasteiger partial charge in [0.15, 0.2) is 0 Å². The lowest BCUT2D eigenvalue weighted by atomic mass is 9.95. The van der Waals surface area contributed by atoms with Gasteiger partial charge in [0.2, 0.25) is 11.8 Å². The van der Waals surface area contributed by atoms with Crippen molar-refractivity contribution in [3.05, 3.63) is 64.7 Å². The molecule has 0 saturated carbocycles. The summed E-state index contributed by atoms with van der Waals surface area (Å²) >= 11 is 0. The number of carbonyl (C=O) groups excluding carboxylic acids is 2. The molecule has 0 radical (unpaired) electrons. The SMILES string of the molecule is Cc1cc(O)cc(C)c1C[C@@H](N)C(=O)N[C@H](Cc1ccccc1)C(N)=O. The number of primary amides is 1. The Bertz CT molecular complexity index is 767. The number of rotatable bonds is 7. The van der Waals surface area contributed by atoms with Crippen LogP contribution in [0.2, 0.25) is 0 Å². The summed E-state index contributed by atoms with van der Waals surface area (Å²) in [6, 6.07) is 10.9. The van der Waals surface area contributed by atoms with Crippen LogP contribution in [0.1, 0.15) is 22.3 Å². The fourth-order valence-electron chi connectivity index (χ4n) is 2.96. The number of hydrogen-bond donors (Lipinski definition) is 4. The van der Waals surface area contributed by atoms with Crippen molar-refractivity contribution in [3.8, 4) is 5.75 Å². The van der Waals surface area contributed by atoms with E-state index in [0.29, 0.717) is 12.8 Å². The minimum Gasteiger partial charge on any atom is -0.508 e. The molecule has 2 aromatic rings. The van der Waals surface area contributed by atoms with Crippen molar-refractivity contribution in [2.45, 2.75) is 38.8 Å². The van der Waals surface area contributed by atoms with Gasteiger partial charge in [0.1, 0.15) is 11.8 Å². The highest BCUT2D eigenvalue weighted by molar-refractivity contribution is 5.89. The molecule has 0 aromatic heterocycles. The first kappa shape index (κ1) is 19.5. The smallest absolute Gasteiger partial charge is 0.240 e. The monoisotopic (exact) mass is 355 g/mol. The van der Waals surface area contributed by atoms with Crippen molar-refractivity contribution < 1.29 is 14.7 Å². The number of nitrogens with two attached hydrogens (primary N) is 2. The van der Waals surface area contributed by atoms with E-state index in [1.807, 2.05) is 44.2 Å². The number of benzene rings is 2. The second kappa shape index (κ2) is 8.49. The van der Waals surface area contributed by atoms with E-state index in [9.17, 15) is 14.7 Å². The Labute approximate surface area is 153 Å². The number of hydrogen-bond acceptors (Lipinski definition) is 4. The number of amides is 2. The van der Waals surface area contributed by atoms with E-state index in [1.165, 1.54) is 0 Å². The Hall–Kier alpha value is -2.86. The molecule has 6 heteroatoms. The lowest BCUT2D eigenvalue weighted by molar-refractivity contribution is -0.128. The fraction of sp³-hybridized carbons (Fsp3) is 0.300. The number of nitrogens with one attached hydrogen (secondary N) is 1. The van der Waals surface area contributed by atoms with Gasteiger partial charge in [-0.25, -0.2) is 0 Å². The predicted octanol–water partition coefficient (Wildman–Crippen LogP) is 1.09. The molecule has 0 spiro atoms. The maximum atomic E-state index is 12.4. The molecular weight excluding hydrogens is 330 g/mol. The zero-order chi connectivity index (χ0) is 19.3. The summed E-state index contributed by atoms with van der Waals surface area (Å²) in [6.07, 6.45) is 0.618. The molecule has 0 unspecified atom stereocenters. The summed E-state index contributed by atoms with van der Waals surface area (Å²) in [6.45, 7) is 3.71. The van der Waals surface area contributed by atoms with Gasteiger partial charge in [-0.2, -0.15) is 0 Å². The van der Waals surface area contributed by atoms with Gasteiger partial charge in [-0.1, -0.05) is 30.3 Å². The van der Waals surface area contributed by atoms with E-state index < -0.39 is 23.9 Å². The van der Waals surface area contributed by atoms with Crippen LogP contribution in [-0.2, 0) is 22.4 Å². The summed E-state index contributed by atoms with van der Waals surface area (Å²) in [5, 5.41) is 12.3. The summed E-state index contributed by atoms with van der Waals surface area (Å²) in [5.41, 5.74) is 15.0. The van der Waals surface area contributed by atoms with Gasteiger partial charge in [0.05, 0.1) is 6.04 Å². The van der Waals surface area contributed by atoms with Crippen molar-refractivity contribution in [2.24, 2.45) is 11.5 Å². The highest BCUT2D eigenvalue weighted by atomic mass is 16.3. The molecule has 2 rings (SSSR count). The molecule has 0 fully saturated rings. The summed E-state index contributed by atoms with van der Waals surface area (Å²) in [7, 11) is 0. The van der Waals surface area contributed by atoms with Crippen LogP contribution in [0.3, 0.4) is 0 Å². The normalized spacial score (nSPS) is 13.0. The Morgan fingerprint density at radius 1 is 1.08 bits per heavy atom. The summed E-state index contributed by atoms with van der Waals surface area (Å²) in [4.78, 5) is 24.2. The largest absolute Gasteiger partial charge is 0.508 e. The topological polar surface area (TPSA) is 118 Å². The lowest BCUT2D eigenvalue weighted by Crippen LogP contribution is -2.52. The van der Waals surface area contributed by atoms with E-state index in [-0.39, 0.29) is 5.75 Å². The number of aryl methyl sites for hydroxylation is 2. The second-order valence-corrected chi connectivity index (χ2v) is 6.52. The maximum Gasteiger partial charge on any atom is 0.240 e. The molecule has 0 aliphatic rings. The van der Waals surface area contributed by atoms with Gasteiger partial charge in [-0.3, -0.25) is 9.59 Å². The Kier molecular flexibility index (Phi) is 6.36. The van der Waals surface area contributed by atoms with Crippen LogP contribution in [-0.4, -0.2) is 29.0 Å². The first-order valence-corrected chi connectivity index (χ1v) is 8.46. The molecule has 2 amide bonds. The average molecular weight is 355 g/mol. The van der Waals surface area contributed by atoms with Gasteiger partial charge >= 0.3 is 0 Å². The zero-order valence-corrected chi connectivity index (χ0v) is 15.0. The van der Waals surface area contributed by atoms with Gasteiger partial charge in [0.25, 0.3) is 0 Å². The Morgan fingerprint density at radius 3 is 2.19 bits per heavy atom. The zero-order valence-electron chi connectivity index (χ0n) is 15.0. The summed E-state index contributed by atoms with van der Waals surface area (Å²) in [5.74, 6) is -0.860. The summed E-state index contributed by atoms with van der Waals surface area (Å²) < 4.78 is 0. The van der Waals surface area contributed by atoms with Crippen molar-refractivity contribution >= 4 is 11.8 Å². The van der Waals surface area contributed by atoms with Gasteiger partial charge in [-0.15, -0.1) is 0 Å². The van der Waals surface area contributed by atoms with Gasteiger partial charge < -0.3 is 21.9 Å². The van der Waals surface area contributed by atoms with Crippen LogP contribution in [0.25, 0.3) is 0 Å². The number of carbonyl (C=O) groups is 2. The Balaban J connectivity index is 2.06. The molecule has 138 valence electrons. The number of aromatic hydroxyl groups is 1. The van der Waals surface area contributed by atoms with Crippen molar-refractivity contribution in [2.75, 3.05) is 0 Å². The molecule has 0 bridgehead atoms. The minimum atomic E-state index is -0.824. The quantitative estimate of drug-likeness (QED) is 0.594. The fourth-order valence-corrected chi connectivity index (χ4v) is 2.96. The number of phenolic OH excluding ortho intramolecular Hbond substituents is 1. The van der Waals surface area contributed by atoms with Crippen LogP contribution in [0.4, 0.5) is 0 Å². The van der Waals surface area contributed by atoms with Crippen LogP contribution in [0.15, 0.2) is 42.5 Å². The van der Waals surface area contributed by atoms with Crippen molar-refractivity contribution in [1.82, 2.24) is 5.32 Å². The van der Waals surface area contributed by atoms with E-state index in [2.05, 4.69) is 5.32 Å². The van der Waals surface area contributed by atoms with Crippen molar-refractivity contribution in [1.29, 1.82) is 0 Å². The van der Waals surface area contributed by atoms with Crippen LogP contribution in [0.5, 0.6) is 5.75 Å². The first-order valence-electron chi connectivity index (χ1n) is 8.46. The molecule has 0 aliphatic carbocycles. The Morgan fingerprint density at radius 2 is 1.65 bits per heavy atom. The van der Waals surface area contributed by atoms with Gasteiger partial charge in [-0.05, 0) is 54.7 Å². The molecule has 0 heterocycles. The molecule has 0 aliphatic heterocycles. The third-order valence-corrected chi connectivity index (χ3v) is 4.38. The molecule has 6 nitrogen and oxygen atoms in total. The van der Waals surface area contributed by atoms with E-state index in [4.69, 9.17) is 11.5 Å². The average Bonchev–Trinajstić information content (AvgIpc) is 2.58. The standard InChI is InChI=1S/C20H25N3O3/c1-12-8-15(24)9-13(2)16(12)11-17(21)20(26)23-18(19(22)25)10-14-6-4-3-5-7-14/h3-9,17-18,24H,10-11,21H2,1-2H3,(H2,22,25)(H,23,26)/t17-,18-/m1/s1. The third-order valence-electron chi connectivity index (χ3n) is 4.38. The lowest BCUT2D eigenvalue weighted by Gasteiger charge is -2.20. The molecular formula is C20H25N3O3. The molecule has 26 heavy (non-hydrogen) atoms. The highest BCUT2D eigenvalue weighted by Crippen LogP contribution is 2.21. The van der Waals surface area contributed by atoms with Crippen LogP contribution < -0.4 is 16.8 Å². The molecule has 0 saturated heterocycles. The second-order valence-electron chi connectivity index (χ2n) is 6.52. The third kappa shape index (κ3) is 5.07. The van der Waals surface area contributed by atoms with E-state index >= 15 is 0 Å². The molecule has 6 N–H and O–H groups in total. The predicted molar refractivity (Wildman–Crippen MR) is 101 cm³/mol. The van der Waals surface area contributed by atoms with Crippen LogP contribution in [0, 0.1) is 13.8 Å². The highest BCUT2D eigenvalue weighted by Gasteiger charge is 2.23. The molecule has 2 atom stereocenters. The van der Waals surface area contributed by atoms with E-state index in [0.717, 1.165) is 22.3 Å². The maximum absolute atomic E-state index is 12.4. The van der Waals surface area contributed by atoms with Crippen LogP contribution >= 0.6 is 0 Å². The minimum absolute atomic E-state index is 0.179. The number of phenols is 1. The van der Waals surface area contributed by atoms with E-state index in [1.54, 1.807) is 12.1 Å².